The predicted octanol–water partition coefficient (Wildman–Crippen LogP) is 2.67. The SMILES string of the molecule is CC(C)C[C@H]1COc2cc(N3CCSCC3)ccc2S(=O)(=O)N1C. The Balaban J connectivity index is 1.92. The largest absolute Gasteiger partial charge is 0.490 e. The number of sulfonamides is 1. The summed E-state index contributed by atoms with van der Waals surface area (Å²) in [7, 11) is -1.85. The minimum Gasteiger partial charge on any atom is -0.490 e. The number of anilines is 1. The molecule has 0 unspecified atom stereocenters. The molecule has 0 saturated carbocycles. The van der Waals surface area contributed by atoms with E-state index in [1.807, 2.05) is 23.9 Å². The summed E-state index contributed by atoms with van der Waals surface area (Å²) >= 11 is 1.96. The Morgan fingerprint density at radius 2 is 2.00 bits per heavy atom. The Kier molecular flexibility index (Phi) is 5.32. The Labute approximate surface area is 149 Å². The maximum atomic E-state index is 12.9. The standard InChI is InChI=1S/C17H26N2O3S2/c1-13(2)10-15-12-22-16-11-14(19-6-8-23-9-7-19)4-5-17(16)24(20,21)18(15)3/h4-5,11,13,15H,6-10,12H2,1-3H3/t15-/m0/s1. The van der Waals surface area contributed by atoms with Gasteiger partial charge in [0, 0.05) is 43.4 Å². The summed E-state index contributed by atoms with van der Waals surface area (Å²) in [6, 6.07) is 5.38. The number of fused-ring (bicyclic) bond motifs is 1. The average Bonchev–Trinajstić information content (AvgIpc) is 2.65. The fourth-order valence-corrected chi connectivity index (χ4v) is 5.61. The van der Waals surface area contributed by atoms with Crippen molar-refractivity contribution in [2.45, 2.75) is 31.2 Å². The van der Waals surface area contributed by atoms with Crippen LogP contribution in [0.3, 0.4) is 0 Å². The average molecular weight is 371 g/mol. The van der Waals surface area contributed by atoms with Crippen LogP contribution in [0, 0.1) is 5.92 Å². The van der Waals surface area contributed by atoms with Gasteiger partial charge in [0.05, 0.1) is 6.04 Å². The van der Waals surface area contributed by atoms with Gasteiger partial charge in [-0.3, -0.25) is 0 Å². The fourth-order valence-electron chi connectivity index (χ4n) is 3.24. The van der Waals surface area contributed by atoms with E-state index < -0.39 is 10.0 Å². The Morgan fingerprint density at radius 1 is 1.29 bits per heavy atom. The molecule has 0 bridgehead atoms. The van der Waals surface area contributed by atoms with Crippen LogP contribution in [0.2, 0.25) is 0 Å². The number of thioether (sulfide) groups is 1. The summed E-state index contributed by atoms with van der Waals surface area (Å²) in [5.74, 6) is 3.12. The van der Waals surface area contributed by atoms with Gasteiger partial charge in [-0.05, 0) is 24.5 Å². The van der Waals surface area contributed by atoms with E-state index in [0.717, 1.165) is 36.7 Å². The van der Waals surface area contributed by atoms with Crippen LogP contribution in [0.1, 0.15) is 20.3 Å². The first-order valence-corrected chi connectivity index (χ1v) is 11.1. The summed E-state index contributed by atoms with van der Waals surface area (Å²) < 4.78 is 33.3. The molecule has 1 atom stereocenters. The highest BCUT2D eigenvalue weighted by Gasteiger charge is 2.35. The first kappa shape index (κ1) is 17.9. The smallest absolute Gasteiger partial charge is 0.246 e. The molecule has 0 N–H and O–H groups in total. The molecule has 2 heterocycles. The molecule has 2 aliphatic rings. The third-order valence-electron chi connectivity index (χ3n) is 4.65. The summed E-state index contributed by atoms with van der Waals surface area (Å²) in [5.41, 5.74) is 1.05. The minimum absolute atomic E-state index is 0.128. The molecule has 0 spiro atoms. The first-order chi connectivity index (χ1) is 11.4. The molecule has 1 aromatic rings. The van der Waals surface area contributed by atoms with Crippen LogP contribution in [0.15, 0.2) is 23.1 Å². The van der Waals surface area contributed by atoms with Gasteiger partial charge in [-0.2, -0.15) is 16.1 Å². The molecule has 7 heteroatoms. The number of hydrogen-bond acceptors (Lipinski definition) is 5. The summed E-state index contributed by atoms with van der Waals surface area (Å²) in [4.78, 5) is 2.58. The minimum atomic E-state index is -3.51. The van der Waals surface area contributed by atoms with E-state index in [2.05, 4.69) is 18.7 Å². The lowest BCUT2D eigenvalue weighted by Crippen LogP contribution is -2.39. The van der Waals surface area contributed by atoms with Crippen molar-refractivity contribution in [3.63, 3.8) is 0 Å². The molecule has 0 radical (unpaired) electrons. The molecule has 0 amide bonds. The second-order valence-electron chi connectivity index (χ2n) is 6.85. The molecule has 3 rings (SSSR count). The van der Waals surface area contributed by atoms with E-state index in [0.29, 0.717) is 18.3 Å². The van der Waals surface area contributed by atoms with Crippen LogP contribution in [0.25, 0.3) is 0 Å². The van der Waals surface area contributed by atoms with Crippen molar-refractivity contribution in [1.29, 1.82) is 0 Å². The number of rotatable bonds is 3. The summed E-state index contributed by atoms with van der Waals surface area (Å²) in [6.07, 6.45) is 0.792. The highest BCUT2D eigenvalue weighted by molar-refractivity contribution is 7.99. The number of ether oxygens (including phenoxy) is 1. The second-order valence-corrected chi connectivity index (χ2v) is 10.0. The summed E-state index contributed by atoms with van der Waals surface area (Å²) in [5, 5.41) is 0. The molecular weight excluding hydrogens is 344 g/mol. The lowest BCUT2D eigenvalue weighted by molar-refractivity contribution is 0.207. The third-order valence-corrected chi connectivity index (χ3v) is 7.54. The molecule has 0 aromatic heterocycles. The number of benzene rings is 1. The summed E-state index contributed by atoms with van der Waals surface area (Å²) in [6.45, 7) is 6.59. The molecule has 5 nitrogen and oxygen atoms in total. The van der Waals surface area contributed by atoms with Gasteiger partial charge in [-0.25, -0.2) is 8.42 Å². The van der Waals surface area contributed by atoms with Gasteiger partial charge in [0.25, 0.3) is 0 Å². The van der Waals surface area contributed by atoms with Crippen molar-refractivity contribution in [3.8, 4) is 5.75 Å². The van der Waals surface area contributed by atoms with E-state index in [-0.39, 0.29) is 10.9 Å². The van der Waals surface area contributed by atoms with Crippen LogP contribution >= 0.6 is 11.8 Å². The van der Waals surface area contributed by atoms with Gasteiger partial charge in [-0.1, -0.05) is 13.8 Å². The van der Waals surface area contributed by atoms with Gasteiger partial charge in [0.2, 0.25) is 10.0 Å². The van der Waals surface area contributed by atoms with Crippen molar-refractivity contribution in [2.75, 3.05) is 43.1 Å². The van der Waals surface area contributed by atoms with E-state index >= 15 is 0 Å². The lowest BCUT2D eigenvalue weighted by Gasteiger charge is -2.29. The molecule has 1 aromatic carbocycles. The normalized spacial score (nSPS) is 24.3. The zero-order chi connectivity index (χ0) is 17.3. The predicted molar refractivity (Wildman–Crippen MR) is 99.7 cm³/mol. The van der Waals surface area contributed by atoms with Gasteiger partial charge >= 0.3 is 0 Å². The molecule has 0 aliphatic carbocycles. The third kappa shape index (κ3) is 3.53. The quantitative estimate of drug-likeness (QED) is 0.819. The van der Waals surface area contributed by atoms with Crippen LogP contribution in [0.5, 0.6) is 5.75 Å². The fraction of sp³-hybridized carbons (Fsp3) is 0.647. The van der Waals surface area contributed by atoms with Crippen LogP contribution in [0.4, 0.5) is 5.69 Å². The zero-order valence-corrected chi connectivity index (χ0v) is 16.2. The molecule has 1 saturated heterocycles. The highest BCUT2D eigenvalue weighted by Crippen LogP contribution is 2.35. The van der Waals surface area contributed by atoms with Crippen molar-refractivity contribution in [1.82, 2.24) is 4.31 Å². The molecule has 1 fully saturated rings. The zero-order valence-electron chi connectivity index (χ0n) is 14.6. The molecule has 24 heavy (non-hydrogen) atoms. The molecular formula is C17H26N2O3S2. The maximum absolute atomic E-state index is 12.9. The van der Waals surface area contributed by atoms with Crippen molar-refractivity contribution >= 4 is 27.5 Å². The molecule has 2 aliphatic heterocycles. The lowest BCUT2D eigenvalue weighted by atomic mass is 10.0. The van der Waals surface area contributed by atoms with Gasteiger partial charge in [0.1, 0.15) is 17.3 Å². The van der Waals surface area contributed by atoms with Crippen LogP contribution in [-0.2, 0) is 10.0 Å². The van der Waals surface area contributed by atoms with Crippen molar-refractivity contribution < 1.29 is 13.2 Å². The van der Waals surface area contributed by atoms with Gasteiger partial charge in [0.15, 0.2) is 0 Å². The van der Waals surface area contributed by atoms with Crippen LogP contribution in [-0.4, -0.2) is 57.0 Å². The second kappa shape index (κ2) is 7.14. The topological polar surface area (TPSA) is 49.9 Å². The van der Waals surface area contributed by atoms with Crippen LogP contribution < -0.4 is 9.64 Å². The van der Waals surface area contributed by atoms with E-state index in [1.54, 1.807) is 13.1 Å². The van der Waals surface area contributed by atoms with E-state index in [4.69, 9.17) is 4.74 Å². The first-order valence-electron chi connectivity index (χ1n) is 8.47. The van der Waals surface area contributed by atoms with Gasteiger partial charge < -0.3 is 9.64 Å². The Morgan fingerprint density at radius 3 is 2.67 bits per heavy atom. The number of nitrogens with zero attached hydrogens (tertiary/aromatic N) is 2. The van der Waals surface area contributed by atoms with Crippen molar-refractivity contribution in [2.24, 2.45) is 5.92 Å². The van der Waals surface area contributed by atoms with Crippen molar-refractivity contribution in [3.05, 3.63) is 18.2 Å². The Hall–Kier alpha value is -0.920. The highest BCUT2D eigenvalue weighted by atomic mass is 32.2. The van der Waals surface area contributed by atoms with E-state index in [9.17, 15) is 8.42 Å². The number of hydrogen-bond donors (Lipinski definition) is 0. The van der Waals surface area contributed by atoms with E-state index in [1.165, 1.54) is 4.31 Å². The molecule has 134 valence electrons. The maximum Gasteiger partial charge on any atom is 0.246 e. The van der Waals surface area contributed by atoms with Gasteiger partial charge in [-0.15, -0.1) is 0 Å². The Bertz CT molecular complexity index is 685. The number of likely N-dealkylation sites (N-methyl/N-ethyl adjacent to an activating group) is 1. The monoisotopic (exact) mass is 370 g/mol.